The first-order chi connectivity index (χ1) is 15.2. The highest BCUT2D eigenvalue weighted by Gasteiger charge is 2.44. The van der Waals surface area contributed by atoms with Gasteiger partial charge < -0.3 is 19.5 Å². The normalized spacial score (nSPS) is 17.1. The van der Waals surface area contributed by atoms with Crippen molar-refractivity contribution in [3.05, 3.63) is 95.6 Å². The number of likely N-dealkylation sites (tertiary alicyclic amines) is 1. The van der Waals surface area contributed by atoms with Crippen molar-refractivity contribution in [1.82, 2.24) is 4.90 Å². The predicted molar refractivity (Wildman–Crippen MR) is 124 cm³/mol. The summed E-state index contributed by atoms with van der Waals surface area (Å²) in [6.45, 7) is 2.90. The molecule has 0 bridgehead atoms. The number of ether oxygens (including phenoxy) is 2. The van der Waals surface area contributed by atoms with Crippen molar-refractivity contribution in [2.75, 3.05) is 33.9 Å². The molecule has 0 saturated carbocycles. The monoisotopic (exact) mass is 417 g/mol. The zero-order chi connectivity index (χ0) is 21.7. The molecule has 162 valence electrons. The number of hydrogen-bond donors (Lipinski definition) is 1. The molecule has 1 aliphatic rings. The number of rotatable bonds is 8. The third-order valence-corrected chi connectivity index (χ3v) is 6.39. The minimum Gasteiger partial charge on any atom is -0.497 e. The van der Waals surface area contributed by atoms with Crippen molar-refractivity contribution in [3.63, 3.8) is 0 Å². The minimum absolute atomic E-state index is 0.170. The molecular formula is C27H31NO3. The zero-order valence-corrected chi connectivity index (χ0v) is 18.3. The molecule has 1 fully saturated rings. The Hall–Kier alpha value is -2.82. The maximum atomic E-state index is 12.7. The van der Waals surface area contributed by atoms with Crippen LogP contribution in [0.2, 0.25) is 0 Å². The maximum absolute atomic E-state index is 12.7. The third kappa shape index (κ3) is 4.32. The second-order valence-electron chi connectivity index (χ2n) is 8.17. The van der Waals surface area contributed by atoms with Crippen LogP contribution in [-0.4, -0.2) is 43.9 Å². The summed E-state index contributed by atoms with van der Waals surface area (Å²) in [7, 11) is 3.31. The first-order valence-electron chi connectivity index (χ1n) is 10.9. The van der Waals surface area contributed by atoms with E-state index < -0.39 is 5.60 Å². The molecule has 0 amide bonds. The average molecular weight is 418 g/mol. The molecule has 4 nitrogen and oxygen atoms in total. The molecule has 1 heterocycles. The Morgan fingerprint density at radius 1 is 0.839 bits per heavy atom. The van der Waals surface area contributed by atoms with Gasteiger partial charge in [-0.05, 0) is 55.3 Å². The van der Waals surface area contributed by atoms with E-state index in [1.165, 1.54) is 12.8 Å². The van der Waals surface area contributed by atoms with E-state index in [0.29, 0.717) is 5.75 Å². The lowest BCUT2D eigenvalue weighted by atomic mass is 9.72. The van der Waals surface area contributed by atoms with Gasteiger partial charge in [-0.25, -0.2) is 0 Å². The van der Waals surface area contributed by atoms with E-state index in [-0.39, 0.29) is 5.92 Å². The fourth-order valence-electron chi connectivity index (χ4n) is 4.74. The van der Waals surface area contributed by atoms with E-state index >= 15 is 0 Å². The number of hydrogen-bond acceptors (Lipinski definition) is 4. The van der Waals surface area contributed by atoms with Crippen LogP contribution in [0.25, 0.3) is 0 Å². The first-order valence-corrected chi connectivity index (χ1v) is 10.9. The van der Waals surface area contributed by atoms with Crippen LogP contribution in [0.1, 0.15) is 35.4 Å². The molecule has 1 N–H and O–H groups in total. The van der Waals surface area contributed by atoms with Gasteiger partial charge in [-0.3, -0.25) is 0 Å². The third-order valence-electron chi connectivity index (χ3n) is 6.39. The molecule has 1 saturated heterocycles. The van der Waals surface area contributed by atoms with Crippen LogP contribution in [0.5, 0.6) is 11.5 Å². The number of methoxy groups -OCH3 is 2. The molecule has 0 aliphatic carbocycles. The van der Waals surface area contributed by atoms with E-state index in [0.717, 1.165) is 42.1 Å². The summed E-state index contributed by atoms with van der Waals surface area (Å²) in [5.41, 5.74) is 1.43. The Morgan fingerprint density at radius 2 is 1.48 bits per heavy atom. The van der Waals surface area contributed by atoms with Gasteiger partial charge in [-0.1, -0.05) is 60.7 Å². The fraction of sp³-hybridized carbons (Fsp3) is 0.333. The Morgan fingerprint density at radius 3 is 2.13 bits per heavy atom. The van der Waals surface area contributed by atoms with Crippen molar-refractivity contribution in [1.29, 1.82) is 0 Å². The van der Waals surface area contributed by atoms with Crippen LogP contribution in [0, 0.1) is 0 Å². The molecule has 0 spiro atoms. The van der Waals surface area contributed by atoms with Crippen molar-refractivity contribution in [2.24, 2.45) is 0 Å². The van der Waals surface area contributed by atoms with Crippen LogP contribution < -0.4 is 9.47 Å². The van der Waals surface area contributed by atoms with Crippen molar-refractivity contribution >= 4 is 0 Å². The lowest BCUT2D eigenvalue weighted by Gasteiger charge is -2.40. The lowest BCUT2D eigenvalue weighted by Crippen LogP contribution is -2.41. The van der Waals surface area contributed by atoms with Crippen molar-refractivity contribution in [2.45, 2.75) is 24.4 Å². The van der Waals surface area contributed by atoms with Gasteiger partial charge in [0, 0.05) is 18.0 Å². The highest BCUT2D eigenvalue weighted by Crippen LogP contribution is 2.46. The van der Waals surface area contributed by atoms with Gasteiger partial charge in [-0.15, -0.1) is 0 Å². The van der Waals surface area contributed by atoms with E-state index in [1.54, 1.807) is 14.2 Å². The Labute approximate surface area is 185 Å². The average Bonchev–Trinajstić information content (AvgIpc) is 3.36. The highest BCUT2D eigenvalue weighted by atomic mass is 16.5. The summed E-state index contributed by atoms with van der Waals surface area (Å²) in [5, 5.41) is 12.7. The molecule has 1 aliphatic heterocycles. The molecule has 3 aromatic carbocycles. The highest BCUT2D eigenvalue weighted by molar-refractivity contribution is 5.49. The quantitative estimate of drug-likeness (QED) is 0.571. The lowest BCUT2D eigenvalue weighted by molar-refractivity contribution is 0.0344. The van der Waals surface area contributed by atoms with E-state index in [1.807, 2.05) is 66.7 Å². The van der Waals surface area contributed by atoms with Gasteiger partial charge in [0.25, 0.3) is 0 Å². The van der Waals surface area contributed by atoms with Gasteiger partial charge in [0.05, 0.1) is 14.2 Å². The molecule has 2 atom stereocenters. The molecule has 4 rings (SSSR count). The number of aliphatic hydroxyl groups is 1. The maximum Gasteiger partial charge on any atom is 0.126 e. The molecule has 0 radical (unpaired) electrons. The number of para-hydroxylation sites is 1. The second kappa shape index (κ2) is 9.54. The summed E-state index contributed by atoms with van der Waals surface area (Å²) in [6, 6.07) is 25.9. The van der Waals surface area contributed by atoms with E-state index in [2.05, 4.69) is 17.0 Å². The molecule has 4 heteroatoms. The topological polar surface area (TPSA) is 41.9 Å². The SMILES string of the molecule is COc1ccc([C@@](O)(c2ccccc2OC)[C@@H](CN2CCCC2)c2ccccc2)cc1. The van der Waals surface area contributed by atoms with Gasteiger partial charge in [-0.2, -0.15) is 0 Å². The molecule has 0 unspecified atom stereocenters. The molecule has 0 aromatic heterocycles. The largest absolute Gasteiger partial charge is 0.497 e. The smallest absolute Gasteiger partial charge is 0.126 e. The Kier molecular flexibility index (Phi) is 6.59. The Bertz CT molecular complexity index is 967. The van der Waals surface area contributed by atoms with Crippen molar-refractivity contribution in [3.8, 4) is 11.5 Å². The minimum atomic E-state index is -1.27. The van der Waals surface area contributed by atoms with E-state index in [9.17, 15) is 5.11 Å². The fourth-order valence-corrected chi connectivity index (χ4v) is 4.74. The molecule has 31 heavy (non-hydrogen) atoms. The summed E-state index contributed by atoms with van der Waals surface area (Å²) < 4.78 is 11.1. The standard InChI is InChI=1S/C27H31NO3/c1-30-23-16-14-22(15-17-23)27(29,24-12-6-7-13-26(24)31-2)25(20-28-18-8-9-19-28)21-10-4-3-5-11-21/h3-7,10-17,25,29H,8-9,18-20H2,1-2H3/t25-,27+/m0/s1. The molecular weight excluding hydrogens is 386 g/mol. The zero-order valence-electron chi connectivity index (χ0n) is 18.3. The summed E-state index contributed by atoms with van der Waals surface area (Å²) >= 11 is 0. The van der Waals surface area contributed by atoms with Crippen molar-refractivity contribution < 1.29 is 14.6 Å². The van der Waals surface area contributed by atoms with Crippen LogP contribution >= 0.6 is 0 Å². The van der Waals surface area contributed by atoms with Gasteiger partial charge >= 0.3 is 0 Å². The summed E-state index contributed by atoms with van der Waals surface area (Å²) in [6.07, 6.45) is 2.41. The second-order valence-corrected chi connectivity index (χ2v) is 8.17. The van der Waals surface area contributed by atoms with Crippen LogP contribution in [0.3, 0.4) is 0 Å². The van der Waals surface area contributed by atoms with Gasteiger partial charge in [0.1, 0.15) is 17.1 Å². The van der Waals surface area contributed by atoms with Crippen LogP contribution in [0.15, 0.2) is 78.9 Å². The molecule has 3 aromatic rings. The summed E-state index contributed by atoms with van der Waals surface area (Å²) in [5.74, 6) is 1.28. The van der Waals surface area contributed by atoms with Crippen LogP contribution in [-0.2, 0) is 5.60 Å². The first kappa shape index (κ1) is 21.4. The number of benzene rings is 3. The van der Waals surface area contributed by atoms with Gasteiger partial charge in [0.15, 0.2) is 0 Å². The van der Waals surface area contributed by atoms with Gasteiger partial charge in [0.2, 0.25) is 0 Å². The predicted octanol–water partition coefficient (Wildman–Crippen LogP) is 4.82. The van der Waals surface area contributed by atoms with Crippen LogP contribution in [0.4, 0.5) is 0 Å². The Balaban J connectivity index is 1.91. The summed E-state index contributed by atoms with van der Waals surface area (Å²) in [4.78, 5) is 2.46. The van der Waals surface area contributed by atoms with E-state index in [4.69, 9.17) is 9.47 Å². The number of nitrogens with zero attached hydrogens (tertiary/aromatic N) is 1.